The van der Waals surface area contributed by atoms with Crippen LogP contribution in [0.3, 0.4) is 0 Å². The summed E-state index contributed by atoms with van der Waals surface area (Å²) in [6, 6.07) is 5.95. The molecule has 0 spiro atoms. The normalized spacial score (nSPS) is 11.2. The molecule has 0 saturated carbocycles. The number of nitrogens with zero attached hydrogens (tertiary/aromatic N) is 2. The summed E-state index contributed by atoms with van der Waals surface area (Å²) >= 11 is 6.42. The van der Waals surface area contributed by atoms with E-state index in [9.17, 15) is 0 Å². The van der Waals surface area contributed by atoms with Crippen LogP contribution in [0, 0.1) is 5.41 Å². The van der Waals surface area contributed by atoms with Gasteiger partial charge in [-0.1, -0.05) is 0 Å². The monoisotopic (exact) mass is 363 g/mol. The lowest BCUT2D eigenvalue weighted by molar-refractivity contribution is 0.335. The molecule has 1 aromatic carbocycles. The lowest BCUT2D eigenvalue weighted by Crippen LogP contribution is -2.29. The summed E-state index contributed by atoms with van der Waals surface area (Å²) in [4.78, 5) is 0.509. The third-order valence-electron chi connectivity index (χ3n) is 3.35. The molecule has 0 aliphatic carbocycles. The molecule has 0 fully saturated rings. The van der Waals surface area contributed by atoms with Gasteiger partial charge in [-0.2, -0.15) is 5.10 Å². The first-order chi connectivity index (χ1) is 11.5. The van der Waals surface area contributed by atoms with Gasteiger partial charge in [0.2, 0.25) is 0 Å². The van der Waals surface area contributed by atoms with Crippen molar-refractivity contribution in [1.82, 2.24) is 15.3 Å². The highest BCUT2D eigenvalue weighted by atomic mass is 32.1. The molecule has 0 aliphatic rings. The highest BCUT2D eigenvalue weighted by Crippen LogP contribution is 2.22. The molecule has 0 radical (unpaired) electrons. The fourth-order valence-corrected chi connectivity index (χ4v) is 2.73. The van der Waals surface area contributed by atoms with Gasteiger partial charge in [0.15, 0.2) is 9.91 Å². The molecule has 0 saturated heterocycles. The predicted molar refractivity (Wildman–Crippen MR) is 102 cm³/mol. The van der Waals surface area contributed by atoms with Crippen LogP contribution in [-0.2, 0) is 6.54 Å². The summed E-state index contributed by atoms with van der Waals surface area (Å²) in [5.74, 6) is 0.825. The average Bonchev–Trinajstić information content (AvgIpc) is 2.99. The molecule has 1 aromatic heterocycles. The number of hydrogen-bond donors (Lipinski definition) is 3. The van der Waals surface area contributed by atoms with Gasteiger partial charge in [-0.25, -0.2) is 0 Å². The van der Waals surface area contributed by atoms with Gasteiger partial charge in [0.25, 0.3) is 0 Å². The van der Waals surface area contributed by atoms with Crippen LogP contribution in [-0.4, -0.2) is 29.0 Å². The minimum Gasteiger partial charge on any atom is -0.494 e. The van der Waals surface area contributed by atoms with Crippen LogP contribution in [0.1, 0.15) is 25.0 Å². The van der Waals surface area contributed by atoms with Crippen molar-refractivity contribution in [3.05, 3.63) is 45.7 Å². The van der Waals surface area contributed by atoms with Crippen molar-refractivity contribution < 1.29 is 4.74 Å². The fraction of sp³-hybridized carbons (Fsp3) is 0.312. The van der Waals surface area contributed by atoms with E-state index >= 15 is 0 Å². The lowest BCUT2D eigenvalue weighted by Gasteiger charge is -2.13. The van der Waals surface area contributed by atoms with Gasteiger partial charge in [0.05, 0.1) is 18.9 Å². The second-order valence-electron chi connectivity index (χ2n) is 4.98. The summed E-state index contributed by atoms with van der Waals surface area (Å²) < 4.78 is 7.60. The second kappa shape index (κ2) is 8.60. The Bertz CT molecular complexity index is 794. The number of thiazole rings is 1. The van der Waals surface area contributed by atoms with E-state index in [0.717, 1.165) is 22.6 Å². The van der Waals surface area contributed by atoms with E-state index in [1.54, 1.807) is 7.05 Å². The minimum atomic E-state index is 0.466. The van der Waals surface area contributed by atoms with Gasteiger partial charge < -0.3 is 14.6 Å². The molecular formula is C16H21N5OS2. The van der Waals surface area contributed by atoms with E-state index in [2.05, 4.69) is 15.8 Å². The predicted octanol–water partition coefficient (Wildman–Crippen LogP) is 2.29. The molecule has 0 unspecified atom stereocenters. The number of benzene rings is 1. The number of rotatable bonds is 6. The summed E-state index contributed by atoms with van der Waals surface area (Å²) in [6.45, 7) is 5.06. The van der Waals surface area contributed by atoms with Crippen molar-refractivity contribution in [2.75, 3.05) is 13.7 Å². The SMILES string of the molecule is CCOc1ccc(/C(C)=N\NC(=S)NC)cc1Cn1ccsc1=N. The zero-order valence-electron chi connectivity index (χ0n) is 13.9. The highest BCUT2D eigenvalue weighted by Gasteiger charge is 2.09. The molecule has 128 valence electrons. The Morgan fingerprint density at radius 2 is 2.25 bits per heavy atom. The smallest absolute Gasteiger partial charge is 0.186 e. The van der Waals surface area contributed by atoms with Crippen LogP contribution in [0.2, 0.25) is 0 Å². The van der Waals surface area contributed by atoms with E-state index in [1.807, 2.05) is 48.2 Å². The van der Waals surface area contributed by atoms with E-state index in [0.29, 0.717) is 23.1 Å². The van der Waals surface area contributed by atoms with Crippen LogP contribution in [0.25, 0.3) is 0 Å². The van der Waals surface area contributed by atoms with Crippen LogP contribution in [0.15, 0.2) is 34.9 Å². The first-order valence-corrected chi connectivity index (χ1v) is 8.80. The quantitative estimate of drug-likeness (QED) is 0.418. The Morgan fingerprint density at radius 1 is 1.46 bits per heavy atom. The van der Waals surface area contributed by atoms with E-state index in [1.165, 1.54) is 11.3 Å². The summed E-state index contributed by atoms with van der Waals surface area (Å²) in [5.41, 5.74) is 5.59. The zero-order valence-corrected chi connectivity index (χ0v) is 15.6. The Balaban J connectivity index is 2.31. The van der Waals surface area contributed by atoms with Crippen molar-refractivity contribution in [3.8, 4) is 5.75 Å². The van der Waals surface area contributed by atoms with Crippen molar-refractivity contribution in [2.45, 2.75) is 20.4 Å². The molecule has 2 aromatic rings. The molecule has 2 rings (SSSR count). The maximum Gasteiger partial charge on any atom is 0.186 e. The van der Waals surface area contributed by atoms with Gasteiger partial charge in [-0.05, 0) is 49.8 Å². The Morgan fingerprint density at radius 3 is 2.88 bits per heavy atom. The summed E-state index contributed by atoms with van der Waals surface area (Å²) in [5, 5.41) is 17.4. The number of nitrogens with one attached hydrogen (secondary N) is 3. The average molecular weight is 364 g/mol. The van der Waals surface area contributed by atoms with Crippen LogP contribution in [0.5, 0.6) is 5.75 Å². The molecule has 24 heavy (non-hydrogen) atoms. The van der Waals surface area contributed by atoms with E-state index < -0.39 is 0 Å². The number of hydrazone groups is 1. The fourth-order valence-electron chi connectivity index (χ4n) is 2.09. The van der Waals surface area contributed by atoms with Crippen molar-refractivity contribution in [3.63, 3.8) is 0 Å². The Labute approximate surface area is 150 Å². The van der Waals surface area contributed by atoms with E-state index in [-0.39, 0.29) is 0 Å². The van der Waals surface area contributed by atoms with Crippen LogP contribution >= 0.6 is 23.6 Å². The van der Waals surface area contributed by atoms with Gasteiger partial charge in [-0.15, -0.1) is 11.3 Å². The lowest BCUT2D eigenvalue weighted by atomic mass is 10.1. The van der Waals surface area contributed by atoms with Crippen molar-refractivity contribution in [1.29, 1.82) is 5.41 Å². The largest absolute Gasteiger partial charge is 0.494 e. The first-order valence-electron chi connectivity index (χ1n) is 7.51. The number of thiocarbonyl (C=S) groups is 1. The summed E-state index contributed by atoms with van der Waals surface area (Å²) in [7, 11) is 1.74. The Hall–Kier alpha value is -2.19. The number of hydrogen-bond acceptors (Lipinski definition) is 5. The molecule has 3 N–H and O–H groups in total. The molecule has 0 aliphatic heterocycles. The van der Waals surface area contributed by atoms with Gasteiger partial charge in [0, 0.05) is 24.2 Å². The maximum absolute atomic E-state index is 7.93. The van der Waals surface area contributed by atoms with Crippen molar-refractivity contribution in [2.24, 2.45) is 5.10 Å². The number of aromatic nitrogens is 1. The van der Waals surface area contributed by atoms with Gasteiger partial charge in [-0.3, -0.25) is 10.8 Å². The molecule has 0 atom stereocenters. The minimum absolute atomic E-state index is 0.466. The molecule has 0 bridgehead atoms. The molecule has 1 heterocycles. The number of ether oxygens (including phenoxy) is 1. The zero-order chi connectivity index (χ0) is 17.5. The van der Waals surface area contributed by atoms with Crippen LogP contribution < -0.4 is 20.3 Å². The molecule has 6 nitrogen and oxygen atoms in total. The highest BCUT2D eigenvalue weighted by molar-refractivity contribution is 7.80. The first kappa shape index (κ1) is 18.2. The van der Waals surface area contributed by atoms with Crippen LogP contribution in [0.4, 0.5) is 0 Å². The molecule has 0 amide bonds. The summed E-state index contributed by atoms with van der Waals surface area (Å²) in [6.07, 6.45) is 1.91. The van der Waals surface area contributed by atoms with Gasteiger partial charge >= 0.3 is 0 Å². The Kier molecular flexibility index (Phi) is 6.51. The standard InChI is InChI=1S/C16H21N5OS2/c1-4-22-14-6-5-12(11(2)19-20-16(23)18-3)9-13(14)10-21-7-8-24-15(21)17/h5-9,17H,4,10H2,1-3H3,(H2,18,20,23)/b17-15?,19-11-. The molecular weight excluding hydrogens is 342 g/mol. The second-order valence-corrected chi connectivity index (χ2v) is 6.28. The topological polar surface area (TPSA) is 74.4 Å². The third-order valence-corrected chi connectivity index (χ3v) is 4.36. The van der Waals surface area contributed by atoms with Gasteiger partial charge in [0.1, 0.15) is 5.75 Å². The maximum atomic E-state index is 7.93. The third kappa shape index (κ3) is 4.65. The van der Waals surface area contributed by atoms with E-state index in [4.69, 9.17) is 22.4 Å². The molecule has 8 heteroatoms. The van der Waals surface area contributed by atoms with Crippen molar-refractivity contribution >= 4 is 34.4 Å².